The first-order valence-electron chi connectivity index (χ1n) is 13.5. The number of fused-ring (bicyclic) bond motifs is 2. The summed E-state index contributed by atoms with van der Waals surface area (Å²) in [5, 5.41) is 23.3. The number of phenolic OH excluding ortho intramolecular Hbond substituents is 1. The third-order valence-electron chi connectivity index (χ3n) is 6.81. The maximum Gasteiger partial charge on any atom is 2.00 e. The first-order chi connectivity index (χ1) is 21.9. The molecule has 0 heterocycles. The molecule has 6 aromatic rings. The second-order valence-corrected chi connectivity index (χ2v) is 12.5. The van der Waals surface area contributed by atoms with Gasteiger partial charge in [-0.15, -0.1) is 5.75 Å². The van der Waals surface area contributed by atoms with Gasteiger partial charge in [0.25, 0.3) is 10.1 Å². The SMILES string of the molecule is O=S(=O)(O)c1ccc(N=Cc2ccccc2O)c2ccccc12.O=S(=O)([O-])c1ccc(N=Cc2ccccc2[O-])c2ccccc12.[Co+2]. The number of aromatic hydroxyl groups is 1. The number of phenols is 1. The fraction of sp³-hybridized carbons (Fsp3) is 0. The molecule has 10 nitrogen and oxygen atoms in total. The molecule has 47 heavy (non-hydrogen) atoms. The van der Waals surface area contributed by atoms with Crippen LogP contribution in [0.5, 0.6) is 11.5 Å². The van der Waals surface area contributed by atoms with Gasteiger partial charge in [-0.05, 0) is 42.0 Å². The van der Waals surface area contributed by atoms with Gasteiger partial charge in [0.2, 0.25) is 0 Å². The zero-order chi connectivity index (χ0) is 32.9. The Morgan fingerprint density at radius 3 is 1.49 bits per heavy atom. The van der Waals surface area contributed by atoms with Gasteiger partial charge in [-0.1, -0.05) is 84.9 Å². The van der Waals surface area contributed by atoms with E-state index in [1.54, 1.807) is 91.0 Å². The van der Waals surface area contributed by atoms with Gasteiger partial charge in [0.1, 0.15) is 20.8 Å². The van der Waals surface area contributed by atoms with Gasteiger partial charge in [-0.2, -0.15) is 8.42 Å². The summed E-state index contributed by atoms with van der Waals surface area (Å²) in [6.45, 7) is 0. The quantitative estimate of drug-likeness (QED) is 0.153. The van der Waals surface area contributed by atoms with Gasteiger partial charge in [0, 0.05) is 39.5 Å². The zero-order valence-corrected chi connectivity index (χ0v) is 26.8. The van der Waals surface area contributed by atoms with E-state index in [1.807, 2.05) is 0 Å². The molecule has 1 radical (unpaired) electrons. The summed E-state index contributed by atoms with van der Waals surface area (Å²) in [6.07, 6.45) is 2.93. The molecule has 6 aromatic carbocycles. The second kappa shape index (κ2) is 14.7. The minimum atomic E-state index is -4.57. The van der Waals surface area contributed by atoms with E-state index >= 15 is 0 Å². The number of para-hydroxylation sites is 2. The molecule has 6 rings (SSSR count). The van der Waals surface area contributed by atoms with Crippen LogP contribution in [0.2, 0.25) is 0 Å². The third kappa shape index (κ3) is 8.29. The van der Waals surface area contributed by atoms with Gasteiger partial charge in [0.15, 0.2) is 0 Å². The summed E-state index contributed by atoms with van der Waals surface area (Å²) in [6, 6.07) is 32.1. The van der Waals surface area contributed by atoms with Crippen LogP contribution in [0.3, 0.4) is 0 Å². The normalized spacial score (nSPS) is 11.8. The molecule has 13 heteroatoms. The smallest absolute Gasteiger partial charge is 0.872 e. The summed E-state index contributed by atoms with van der Waals surface area (Å²) in [5.41, 5.74) is 2.00. The summed E-state index contributed by atoms with van der Waals surface area (Å²) in [5.74, 6) is -0.0468. The average molecular weight is 712 g/mol. The van der Waals surface area contributed by atoms with E-state index in [0.29, 0.717) is 44.0 Å². The number of hydrogen-bond acceptors (Lipinski definition) is 9. The van der Waals surface area contributed by atoms with Crippen molar-refractivity contribution in [3.63, 3.8) is 0 Å². The van der Waals surface area contributed by atoms with Crippen molar-refractivity contribution in [2.45, 2.75) is 9.79 Å². The number of nitrogens with zero attached hydrogens (tertiary/aromatic N) is 2. The van der Waals surface area contributed by atoms with Gasteiger partial charge in [-0.3, -0.25) is 14.5 Å². The third-order valence-corrected chi connectivity index (χ3v) is 8.62. The fourth-order valence-electron chi connectivity index (χ4n) is 4.64. The molecular formula is C34H24CoN2O8S2. The topological polar surface area (TPSA) is 180 Å². The van der Waals surface area contributed by atoms with E-state index in [2.05, 4.69) is 9.98 Å². The minimum absolute atomic E-state index is 0. The van der Waals surface area contributed by atoms with Crippen LogP contribution in [0.4, 0.5) is 11.4 Å². The molecule has 0 aliphatic carbocycles. The van der Waals surface area contributed by atoms with Crippen molar-refractivity contribution in [1.82, 2.24) is 0 Å². The van der Waals surface area contributed by atoms with E-state index in [4.69, 9.17) is 0 Å². The summed E-state index contributed by atoms with van der Waals surface area (Å²) in [7, 11) is -8.88. The molecule has 0 amide bonds. The summed E-state index contributed by atoms with van der Waals surface area (Å²) in [4.78, 5) is 8.15. The average Bonchev–Trinajstić information content (AvgIpc) is 3.03. The molecule has 0 bridgehead atoms. The Hall–Kier alpha value is -4.89. The van der Waals surface area contributed by atoms with Gasteiger partial charge >= 0.3 is 16.8 Å². The number of hydrogen-bond donors (Lipinski definition) is 2. The van der Waals surface area contributed by atoms with E-state index in [0.717, 1.165) is 0 Å². The fourth-order valence-corrected chi connectivity index (χ4v) is 6.02. The molecule has 0 fully saturated rings. The monoisotopic (exact) mass is 711 g/mol. The molecule has 0 saturated heterocycles. The zero-order valence-electron chi connectivity index (χ0n) is 24.1. The number of aliphatic imine (C=N–C) groups is 2. The van der Waals surface area contributed by atoms with E-state index in [9.17, 15) is 36.2 Å². The Balaban J connectivity index is 0.000000208. The molecule has 0 spiro atoms. The summed E-state index contributed by atoms with van der Waals surface area (Å²) >= 11 is 0. The van der Waals surface area contributed by atoms with Crippen molar-refractivity contribution in [2.24, 2.45) is 9.98 Å². The Kier molecular flexibility index (Phi) is 10.9. The maximum absolute atomic E-state index is 11.7. The second-order valence-electron chi connectivity index (χ2n) is 9.80. The standard InChI is InChI=1S/2C17H13NO4S.Co/c2*19-16-8-4-1-5-12(16)11-18-15-9-10-17(23(20,21)22)14-7-3-2-6-13(14)15;/h2*1-11,19H,(H,20,21,22);/q;;+2/p-2. The molecule has 0 aliphatic rings. The molecule has 239 valence electrons. The maximum atomic E-state index is 11.7. The minimum Gasteiger partial charge on any atom is -0.872 e. The van der Waals surface area contributed by atoms with E-state index in [1.165, 1.54) is 42.8 Å². The van der Waals surface area contributed by atoms with Crippen molar-refractivity contribution < 1.29 is 52.9 Å². The molecule has 0 saturated carbocycles. The van der Waals surface area contributed by atoms with Gasteiger partial charge in [-0.25, -0.2) is 8.42 Å². The van der Waals surface area contributed by atoms with Crippen LogP contribution in [0.15, 0.2) is 141 Å². The molecule has 2 N–H and O–H groups in total. The first-order valence-corrected chi connectivity index (χ1v) is 16.4. The van der Waals surface area contributed by atoms with Crippen LogP contribution in [-0.2, 0) is 37.0 Å². The Labute approximate surface area is 281 Å². The predicted molar refractivity (Wildman–Crippen MR) is 174 cm³/mol. The van der Waals surface area contributed by atoms with Crippen molar-refractivity contribution in [3.8, 4) is 11.5 Å². The largest absolute Gasteiger partial charge is 2.00 e. The Bertz CT molecular complexity index is 2190. The summed E-state index contributed by atoms with van der Waals surface area (Å²) < 4.78 is 66.3. The van der Waals surface area contributed by atoms with Crippen LogP contribution in [0.1, 0.15) is 11.1 Å². The molecule has 0 aromatic heterocycles. The van der Waals surface area contributed by atoms with Crippen LogP contribution >= 0.6 is 0 Å². The van der Waals surface area contributed by atoms with Crippen LogP contribution in [-0.4, -0.2) is 43.5 Å². The predicted octanol–water partition coefficient (Wildman–Crippen LogP) is 6.11. The Morgan fingerprint density at radius 2 is 0.979 bits per heavy atom. The van der Waals surface area contributed by atoms with Crippen LogP contribution in [0.25, 0.3) is 21.5 Å². The number of benzene rings is 6. The van der Waals surface area contributed by atoms with Crippen molar-refractivity contribution in [3.05, 3.63) is 132 Å². The van der Waals surface area contributed by atoms with Gasteiger partial charge in [0.05, 0.1) is 16.3 Å². The molecule has 0 unspecified atom stereocenters. The molecule has 0 aliphatic heterocycles. The number of rotatable bonds is 6. The van der Waals surface area contributed by atoms with Crippen molar-refractivity contribution >= 4 is 65.6 Å². The van der Waals surface area contributed by atoms with Crippen LogP contribution in [0, 0.1) is 0 Å². The van der Waals surface area contributed by atoms with Gasteiger partial charge < -0.3 is 14.8 Å². The Morgan fingerprint density at radius 1 is 0.553 bits per heavy atom. The first kappa shape index (κ1) is 35.0. The van der Waals surface area contributed by atoms with E-state index < -0.39 is 20.2 Å². The molecule has 0 atom stereocenters. The van der Waals surface area contributed by atoms with Crippen LogP contribution < -0.4 is 5.11 Å². The molecular weight excluding hydrogens is 687 g/mol. The van der Waals surface area contributed by atoms with E-state index in [-0.39, 0.29) is 38.1 Å². The van der Waals surface area contributed by atoms with Crippen molar-refractivity contribution in [1.29, 1.82) is 0 Å². The van der Waals surface area contributed by atoms with Crippen molar-refractivity contribution in [2.75, 3.05) is 0 Å².